The standard InChI is InChI=1S/C18H24N6O2/c1-26-18(12-5-6-20-16(7-12)17(19)25)13-3-2-4-14(18)10-24(9-13)11-15-8-21-23-22-15/h5-8,13-14H,2-4,9-11H2,1H3,(H2,19,25)(H,21,22,23)/t13-,14+,18+. The number of H-pyrrole nitrogens is 1. The van der Waals surface area contributed by atoms with E-state index in [0.717, 1.165) is 43.7 Å². The Morgan fingerprint density at radius 2 is 2.19 bits per heavy atom. The van der Waals surface area contributed by atoms with Crippen molar-refractivity contribution in [1.29, 1.82) is 0 Å². The van der Waals surface area contributed by atoms with Crippen LogP contribution in [0.3, 0.4) is 0 Å². The molecule has 0 radical (unpaired) electrons. The molecule has 3 N–H and O–H groups in total. The first-order valence-corrected chi connectivity index (χ1v) is 9.02. The van der Waals surface area contributed by atoms with Crippen LogP contribution in [0.4, 0.5) is 0 Å². The highest BCUT2D eigenvalue weighted by atomic mass is 16.5. The van der Waals surface area contributed by atoms with Crippen LogP contribution in [0.2, 0.25) is 0 Å². The van der Waals surface area contributed by atoms with Crippen LogP contribution in [0.15, 0.2) is 24.5 Å². The van der Waals surface area contributed by atoms with Gasteiger partial charge in [0.15, 0.2) is 0 Å². The summed E-state index contributed by atoms with van der Waals surface area (Å²) in [5, 5.41) is 10.6. The van der Waals surface area contributed by atoms with Gasteiger partial charge in [0.25, 0.3) is 5.91 Å². The maximum absolute atomic E-state index is 11.6. The zero-order valence-electron chi connectivity index (χ0n) is 14.9. The van der Waals surface area contributed by atoms with E-state index < -0.39 is 11.5 Å². The fraction of sp³-hybridized carbons (Fsp3) is 0.556. The fourth-order valence-electron chi connectivity index (χ4n) is 4.92. The average Bonchev–Trinajstić information content (AvgIpc) is 3.14. The molecule has 138 valence electrons. The van der Waals surface area contributed by atoms with Gasteiger partial charge in [-0.25, -0.2) is 0 Å². The van der Waals surface area contributed by atoms with Crippen LogP contribution >= 0.6 is 0 Å². The molecule has 2 aliphatic rings. The average molecular weight is 356 g/mol. The summed E-state index contributed by atoms with van der Waals surface area (Å²) in [7, 11) is 1.78. The van der Waals surface area contributed by atoms with Crippen molar-refractivity contribution < 1.29 is 9.53 Å². The molecule has 0 spiro atoms. The Labute approximate surface area is 152 Å². The van der Waals surface area contributed by atoms with Gasteiger partial charge in [-0.1, -0.05) is 11.6 Å². The van der Waals surface area contributed by atoms with E-state index in [2.05, 4.69) is 25.3 Å². The molecular formula is C18H24N6O2. The molecule has 1 saturated carbocycles. The van der Waals surface area contributed by atoms with Crippen LogP contribution in [-0.2, 0) is 16.9 Å². The van der Waals surface area contributed by atoms with Crippen molar-refractivity contribution in [3.8, 4) is 0 Å². The molecule has 2 bridgehead atoms. The number of ether oxygens (including phenoxy) is 1. The lowest BCUT2D eigenvalue weighted by Crippen LogP contribution is -2.58. The van der Waals surface area contributed by atoms with Gasteiger partial charge in [-0.3, -0.25) is 19.8 Å². The lowest BCUT2D eigenvalue weighted by Gasteiger charge is -2.55. The third-order valence-electron chi connectivity index (χ3n) is 5.94. The number of nitrogens with one attached hydrogen (secondary N) is 1. The van der Waals surface area contributed by atoms with Crippen molar-refractivity contribution in [2.45, 2.75) is 31.4 Å². The topological polar surface area (TPSA) is 110 Å². The number of aromatic amines is 1. The van der Waals surface area contributed by atoms with Crippen molar-refractivity contribution in [3.05, 3.63) is 41.5 Å². The molecule has 0 unspecified atom stereocenters. The number of fused-ring (bicyclic) bond motifs is 2. The molecule has 3 atom stereocenters. The largest absolute Gasteiger partial charge is 0.373 e. The zero-order chi connectivity index (χ0) is 18.1. The summed E-state index contributed by atoms with van der Waals surface area (Å²) in [6.07, 6.45) is 6.82. The van der Waals surface area contributed by atoms with Crippen LogP contribution in [0.1, 0.15) is 41.0 Å². The highest BCUT2D eigenvalue weighted by molar-refractivity contribution is 5.90. The number of methoxy groups -OCH3 is 1. The van der Waals surface area contributed by atoms with Crippen LogP contribution in [0, 0.1) is 11.8 Å². The number of nitrogens with zero attached hydrogens (tertiary/aromatic N) is 4. The zero-order valence-corrected chi connectivity index (χ0v) is 14.9. The van der Waals surface area contributed by atoms with Crippen LogP contribution in [0.5, 0.6) is 0 Å². The van der Waals surface area contributed by atoms with E-state index in [1.54, 1.807) is 19.5 Å². The van der Waals surface area contributed by atoms with Gasteiger partial charge >= 0.3 is 0 Å². The van der Waals surface area contributed by atoms with E-state index in [-0.39, 0.29) is 0 Å². The van der Waals surface area contributed by atoms with Gasteiger partial charge in [0.1, 0.15) is 11.3 Å². The third kappa shape index (κ3) is 2.79. The van der Waals surface area contributed by atoms with Crippen LogP contribution in [0.25, 0.3) is 0 Å². The normalized spacial score (nSPS) is 28.8. The number of piperidine rings is 1. The van der Waals surface area contributed by atoms with Gasteiger partial charge in [0.2, 0.25) is 0 Å². The smallest absolute Gasteiger partial charge is 0.267 e. The van der Waals surface area contributed by atoms with Crippen molar-refractivity contribution in [1.82, 2.24) is 25.3 Å². The number of aromatic nitrogens is 4. The van der Waals surface area contributed by atoms with Crippen molar-refractivity contribution in [3.63, 3.8) is 0 Å². The van der Waals surface area contributed by atoms with Crippen molar-refractivity contribution >= 4 is 5.91 Å². The summed E-state index contributed by atoms with van der Waals surface area (Å²) in [6.45, 7) is 2.66. The lowest BCUT2D eigenvalue weighted by molar-refractivity contribution is -0.170. The van der Waals surface area contributed by atoms with E-state index in [0.29, 0.717) is 17.5 Å². The molecule has 2 aromatic heterocycles. The maximum atomic E-state index is 11.6. The molecule has 3 heterocycles. The molecule has 2 fully saturated rings. The predicted molar refractivity (Wildman–Crippen MR) is 93.9 cm³/mol. The highest BCUT2D eigenvalue weighted by Crippen LogP contribution is 2.51. The van der Waals surface area contributed by atoms with Crippen LogP contribution < -0.4 is 5.73 Å². The minimum Gasteiger partial charge on any atom is -0.373 e. The summed E-state index contributed by atoms with van der Waals surface area (Å²) in [6, 6.07) is 3.78. The molecule has 26 heavy (non-hydrogen) atoms. The molecule has 8 heteroatoms. The number of nitrogens with two attached hydrogens (primary N) is 1. The molecule has 1 aliphatic carbocycles. The van der Waals surface area contributed by atoms with E-state index in [4.69, 9.17) is 10.5 Å². The summed E-state index contributed by atoms with van der Waals surface area (Å²) < 4.78 is 6.21. The molecule has 1 saturated heterocycles. The second kappa shape index (κ2) is 6.77. The Balaban J connectivity index is 1.66. The molecule has 4 rings (SSSR count). The third-order valence-corrected chi connectivity index (χ3v) is 5.94. The first kappa shape index (κ1) is 17.1. The first-order valence-electron chi connectivity index (χ1n) is 9.02. The number of pyridine rings is 1. The Hall–Kier alpha value is -2.32. The minimum absolute atomic E-state index is 0.294. The Morgan fingerprint density at radius 3 is 2.81 bits per heavy atom. The van der Waals surface area contributed by atoms with Gasteiger partial charge in [-0.15, -0.1) is 5.10 Å². The maximum Gasteiger partial charge on any atom is 0.267 e. The second-order valence-corrected chi connectivity index (χ2v) is 7.29. The van der Waals surface area contributed by atoms with Gasteiger partial charge in [0.05, 0.1) is 11.9 Å². The number of rotatable bonds is 5. The van der Waals surface area contributed by atoms with E-state index in [1.165, 1.54) is 6.42 Å². The Bertz CT molecular complexity index is 764. The number of hydrogen-bond donors (Lipinski definition) is 2. The molecule has 8 nitrogen and oxygen atoms in total. The monoisotopic (exact) mass is 356 g/mol. The number of carbonyl (C=O) groups excluding carboxylic acids is 1. The summed E-state index contributed by atoms with van der Waals surface area (Å²) in [4.78, 5) is 18.1. The minimum atomic E-state index is -0.507. The lowest BCUT2D eigenvalue weighted by atomic mass is 9.62. The number of amides is 1. The van der Waals surface area contributed by atoms with Crippen molar-refractivity contribution in [2.75, 3.05) is 20.2 Å². The molecule has 0 aromatic carbocycles. The summed E-state index contributed by atoms with van der Waals surface area (Å²) in [5.41, 5.74) is 7.38. The Kier molecular flexibility index (Phi) is 4.46. The highest BCUT2D eigenvalue weighted by Gasteiger charge is 2.53. The van der Waals surface area contributed by atoms with Gasteiger partial charge in [0, 0.05) is 44.8 Å². The predicted octanol–water partition coefficient (Wildman–Crippen LogP) is 1.07. The van der Waals surface area contributed by atoms with Gasteiger partial charge in [-0.05, 0) is 30.5 Å². The number of likely N-dealkylation sites (tertiary alicyclic amines) is 1. The van der Waals surface area contributed by atoms with E-state index in [1.807, 2.05) is 12.1 Å². The summed E-state index contributed by atoms with van der Waals surface area (Å²) in [5.74, 6) is 0.186. The first-order chi connectivity index (χ1) is 12.6. The number of primary amides is 1. The van der Waals surface area contributed by atoms with Gasteiger partial charge in [-0.2, -0.15) is 0 Å². The number of hydrogen-bond acceptors (Lipinski definition) is 6. The fourth-order valence-corrected chi connectivity index (χ4v) is 4.92. The summed E-state index contributed by atoms with van der Waals surface area (Å²) >= 11 is 0. The quantitative estimate of drug-likeness (QED) is 0.829. The van der Waals surface area contributed by atoms with Crippen LogP contribution in [-0.4, -0.2) is 51.4 Å². The van der Waals surface area contributed by atoms with E-state index in [9.17, 15) is 4.79 Å². The Morgan fingerprint density at radius 1 is 1.42 bits per heavy atom. The van der Waals surface area contributed by atoms with Gasteiger partial charge < -0.3 is 10.5 Å². The van der Waals surface area contributed by atoms with Crippen molar-refractivity contribution in [2.24, 2.45) is 17.6 Å². The molecular weight excluding hydrogens is 332 g/mol. The molecule has 1 aliphatic heterocycles. The van der Waals surface area contributed by atoms with E-state index >= 15 is 0 Å². The number of carbonyl (C=O) groups is 1. The molecule has 2 aromatic rings. The SMILES string of the molecule is CO[C@@]1(c2ccnc(C(N)=O)c2)[C@@H]2CCC[C@H]1CN(Cc1cnn[nH]1)C2. The second-order valence-electron chi connectivity index (χ2n) is 7.29. The molecule has 1 amide bonds.